The highest BCUT2D eigenvalue weighted by atomic mass is 32.3. The van der Waals surface area contributed by atoms with Crippen LogP contribution in [-0.2, 0) is 30.1 Å². The van der Waals surface area contributed by atoms with Gasteiger partial charge in [-0.15, -0.1) is 0 Å². The first kappa shape index (κ1) is 24.2. The summed E-state index contributed by atoms with van der Waals surface area (Å²) in [5.74, 6) is 0. The molecule has 0 atom stereocenters. The Balaban J connectivity index is 6.84. The molecular formula is C11H18N6O6S3. The number of rotatable bonds is 12. The number of nitrogens with one attached hydrogen (secondary N) is 3. The van der Waals surface area contributed by atoms with Crippen LogP contribution in [0.3, 0.4) is 0 Å². The van der Waals surface area contributed by atoms with E-state index in [9.17, 15) is 25.3 Å². The molecule has 0 unspecified atom stereocenters. The molecule has 0 heterocycles. The Morgan fingerprint density at radius 3 is 1.27 bits per heavy atom. The van der Waals surface area contributed by atoms with Crippen molar-refractivity contribution in [1.82, 2.24) is 14.2 Å². The monoisotopic (exact) mass is 426 g/mol. The van der Waals surface area contributed by atoms with Crippen LogP contribution >= 0.6 is 0 Å². The second kappa shape index (κ2) is 9.78. The lowest BCUT2D eigenvalue weighted by Crippen LogP contribution is -2.63. The van der Waals surface area contributed by atoms with E-state index in [1.807, 2.05) is 0 Å². The molecule has 0 amide bonds. The van der Waals surface area contributed by atoms with Crippen molar-refractivity contribution in [3.63, 3.8) is 0 Å². The second-order valence-electron chi connectivity index (χ2n) is 4.73. The molecule has 0 aromatic rings. The summed E-state index contributed by atoms with van der Waals surface area (Å²) in [6.07, 6.45) is -0.767. The molecular weight excluding hydrogens is 408 g/mol. The highest BCUT2D eigenvalue weighted by molar-refractivity contribution is 8.24. The summed E-state index contributed by atoms with van der Waals surface area (Å²) in [6.45, 7) is -1.06. The number of unbranched alkanes of at least 4 members (excludes halogenated alkanes) is 1. The number of nitriles is 3. The van der Waals surface area contributed by atoms with Gasteiger partial charge in [0.1, 0.15) is 0 Å². The van der Waals surface area contributed by atoms with Gasteiger partial charge >= 0.3 is 3.41 Å². The average molecular weight is 427 g/mol. The van der Waals surface area contributed by atoms with Crippen LogP contribution in [0.1, 0.15) is 26.2 Å². The largest absolute Gasteiger partial charge is 0.313 e. The Bertz CT molecular complexity index is 804. The van der Waals surface area contributed by atoms with Crippen molar-refractivity contribution in [2.24, 2.45) is 0 Å². The maximum atomic E-state index is 12.7. The van der Waals surface area contributed by atoms with Crippen molar-refractivity contribution in [2.75, 3.05) is 19.6 Å². The fourth-order valence-electron chi connectivity index (χ4n) is 1.94. The smallest absolute Gasteiger partial charge is 0.209 e. The summed E-state index contributed by atoms with van der Waals surface area (Å²) in [4.78, 5) is 0. The fourth-order valence-corrected chi connectivity index (χ4v) is 9.13. The van der Waals surface area contributed by atoms with E-state index in [0.717, 1.165) is 0 Å². The second-order valence-corrected chi connectivity index (χ2v) is 11.5. The lowest BCUT2D eigenvalue weighted by atomic mass is 10.3. The molecule has 12 nitrogen and oxygen atoms in total. The highest BCUT2D eigenvalue weighted by Crippen LogP contribution is 2.35. The standard InChI is InChI=1S/C11H18N6O6S3/c1-2-3-4-11(24(18,19)15-8-5-12,25(20,21)16-9-6-13)26(22,23)17-10-7-14/h15-17H,2-4,8-10H2,1H3. The van der Waals surface area contributed by atoms with Crippen molar-refractivity contribution >= 4 is 30.1 Å². The van der Waals surface area contributed by atoms with Gasteiger partial charge in [0, 0.05) is 6.42 Å². The molecule has 0 fully saturated rings. The molecule has 0 aliphatic carbocycles. The summed E-state index contributed by atoms with van der Waals surface area (Å²) in [5, 5.41) is 25.7. The Hall–Kier alpha value is -1.80. The van der Waals surface area contributed by atoms with E-state index in [0.29, 0.717) is 0 Å². The molecule has 0 aliphatic rings. The lowest BCUT2D eigenvalue weighted by molar-refractivity contribution is 0.520. The number of hydrogen-bond acceptors (Lipinski definition) is 9. The zero-order chi connectivity index (χ0) is 20.5. The number of nitrogens with zero attached hydrogens (tertiary/aromatic N) is 3. The quantitative estimate of drug-likeness (QED) is 0.299. The van der Waals surface area contributed by atoms with Gasteiger partial charge in [0.2, 0.25) is 0 Å². The normalized spacial score (nSPS) is 12.7. The first-order valence-electron chi connectivity index (χ1n) is 7.08. The van der Waals surface area contributed by atoms with Crippen LogP contribution in [0.15, 0.2) is 0 Å². The zero-order valence-corrected chi connectivity index (χ0v) is 16.2. The number of sulfonamides is 3. The van der Waals surface area contributed by atoms with Crippen molar-refractivity contribution in [2.45, 2.75) is 29.6 Å². The fraction of sp³-hybridized carbons (Fsp3) is 0.727. The molecule has 3 N–H and O–H groups in total. The van der Waals surface area contributed by atoms with Crippen LogP contribution in [0.4, 0.5) is 0 Å². The van der Waals surface area contributed by atoms with Crippen molar-refractivity contribution in [3.8, 4) is 18.2 Å². The minimum Gasteiger partial charge on any atom is -0.209 e. The van der Waals surface area contributed by atoms with Crippen LogP contribution in [0, 0.1) is 34.0 Å². The average Bonchev–Trinajstić information content (AvgIpc) is 2.56. The molecule has 0 bridgehead atoms. The molecule has 0 aromatic heterocycles. The summed E-state index contributed by atoms with van der Waals surface area (Å²) in [5.41, 5.74) is 0. The van der Waals surface area contributed by atoms with Gasteiger partial charge in [-0.1, -0.05) is 13.3 Å². The minimum atomic E-state index is -5.19. The van der Waals surface area contributed by atoms with Crippen LogP contribution < -0.4 is 14.2 Å². The molecule has 0 aliphatic heterocycles. The first-order valence-corrected chi connectivity index (χ1v) is 11.5. The van der Waals surface area contributed by atoms with Crippen LogP contribution in [-0.4, -0.2) is 48.3 Å². The SMILES string of the molecule is CCCCC(S(=O)(=O)NCC#N)(S(=O)(=O)NCC#N)S(=O)(=O)NCC#N. The third kappa shape index (κ3) is 4.88. The van der Waals surface area contributed by atoms with Gasteiger partial charge in [0.15, 0.2) is 0 Å². The molecule has 0 saturated heterocycles. The van der Waals surface area contributed by atoms with Gasteiger partial charge in [0.05, 0.1) is 37.8 Å². The minimum absolute atomic E-state index is 0.131. The lowest BCUT2D eigenvalue weighted by Gasteiger charge is -2.31. The maximum absolute atomic E-state index is 12.7. The van der Waals surface area contributed by atoms with Crippen LogP contribution in [0.5, 0.6) is 0 Å². The van der Waals surface area contributed by atoms with E-state index >= 15 is 0 Å². The molecule has 15 heteroatoms. The maximum Gasteiger partial charge on any atom is 0.313 e. The van der Waals surface area contributed by atoms with E-state index in [1.165, 1.54) is 18.2 Å². The van der Waals surface area contributed by atoms with Gasteiger partial charge in [-0.05, 0) is 6.42 Å². The Morgan fingerprint density at radius 2 is 1.04 bits per heavy atom. The Labute approximate surface area is 152 Å². The molecule has 146 valence electrons. The summed E-state index contributed by atoms with van der Waals surface area (Å²) in [7, 11) is -15.6. The van der Waals surface area contributed by atoms with Crippen molar-refractivity contribution < 1.29 is 25.3 Å². The van der Waals surface area contributed by atoms with Gasteiger partial charge in [-0.25, -0.2) is 25.3 Å². The predicted octanol–water partition coefficient (Wildman–Crippen LogP) is -1.84. The van der Waals surface area contributed by atoms with Gasteiger partial charge in [-0.2, -0.15) is 30.0 Å². The van der Waals surface area contributed by atoms with Gasteiger partial charge < -0.3 is 0 Å². The Morgan fingerprint density at radius 1 is 0.731 bits per heavy atom. The topological polar surface area (TPSA) is 210 Å². The third-order valence-corrected chi connectivity index (χ3v) is 11.7. The third-order valence-electron chi connectivity index (χ3n) is 3.09. The van der Waals surface area contributed by atoms with Gasteiger partial charge in [-0.3, -0.25) is 0 Å². The summed E-state index contributed by atoms with van der Waals surface area (Å²) >= 11 is 0. The summed E-state index contributed by atoms with van der Waals surface area (Å²) in [6, 6.07) is 4.25. The first-order chi connectivity index (χ1) is 12.0. The number of hydrogen-bond donors (Lipinski definition) is 3. The highest BCUT2D eigenvalue weighted by Gasteiger charge is 2.64. The summed E-state index contributed by atoms with van der Waals surface area (Å²) < 4.78 is 77.4. The molecule has 0 saturated carbocycles. The molecule has 0 radical (unpaired) electrons. The molecule has 0 rings (SSSR count). The van der Waals surface area contributed by atoms with E-state index in [4.69, 9.17) is 15.8 Å². The van der Waals surface area contributed by atoms with E-state index < -0.39 is 59.5 Å². The molecule has 26 heavy (non-hydrogen) atoms. The van der Waals surface area contributed by atoms with Crippen molar-refractivity contribution in [1.29, 1.82) is 15.8 Å². The zero-order valence-electron chi connectivity index (χ0n) is 13.8. The van der Waals surface area contributed by atoms with E-state index in [2.05, 4.69) is 0 Å². The van der Waals surface area contributed by atoms with Crippen LogP contribution in [0.25, 0.3) is 0 Å². The molecule has 0 aromatic carbocycles. The van der Waals surface area contributed by atoms with E-state index in [1.54, 1.807) is 21.1 Å². The predicted molar refractivity (Wildman–Crippen MR) is 89.9 cm³/mol. The van der Waals surface area contributed by atoms with Crippen LogP contribution in [0.2, 0.25) is 0 Å². The van der Waals surface area contributed by atoms with Gasteiger partial charge in [0.25, 0.3) is 30.1 Å². The Kier molecular flexibility index (Phi) is 9.10. The molecule has 0 spiro atoms. The van der Waals surface area contributed by atoms with Crippen molar-refractivity contribution in [3.05, 3.63) is 0 Å². The van der Waals surface area contributed by atoms with E-state index in [-0.39, 0.29) is 12.8 Å².